The standard InChI is InChI=1S/C11H13N3O4/c1-6(13-7(2)15)10(16)14-8-3-4-9(11(17)18)12-5-8/h3-6H,1-2H3,(H,13,15)(H,14,16)(H,17,18). The second-order valence-electron chi connectivity index (χ2n) is 3.65. The molecule has 1 atom stereocenters. The van der Waals surface area contributed by atoms with Gasteiger partial charge in [-0.05, 0) is 19.1 Å². The molecule has 1 unspecified atom stereocenters. The summed E-state index contributed by atoms with van der Waals surface area (Å²) in [6.07, 6.45) is 1.24. The number of carboxylic acids is 1. The first-order valence-corrected chi connectivity index (χ1v) is 5.17. The number of aromatic nitrogens is 1. The van der Waals surface area contributed by atoms with Crippen LogP contribution in [0.2, 0.25) is 0 Å². The van der Waals surface area contributed by atoms with Crippen molar-refractivity contribution < 1.29 is 19.5 Å². The average molecular weight is 251 g/mol. The van der Waals surface area contributed by atoms with Crippen LogP contribution < -0.4 is 10.6 Å². The summed E-state index contributed by atoms with van der Waals surface area (Å²) in [5.74, 6) is -1.86. The summed E-state index contributed by atoms with van der Waals surface area (Å²) in [5, 5.41) is 13.6. The quantitative estimate of drug-likeness (QED) is 0.710. The molecule has 96 valence electrons. The van der Waals surface area contributed by atoms with E-state index in [4.69, 9.17) is 5.11 Å². The summed E-state index contributed by atoms with van der Waals surface area (Å²) in [6, 6.07) is 2.03. The van der Waals surface area contributed by atoms with Gasteiger partial charge in [-0.3, -0.25) is 9.59 Å². The maximum atomic E-state index is 11.6. The molecule has 0 saturated heterocycles. The van der Waals surface area contributed by atoms with Crippen LogP contribution in [0.3, 0.4) is 0 Å². The van der Waals surface area contributed by atoms with Crippen molar-refractivity contribution in [2.24, 2.45) is 0 Å². The number of hydrogen-bond acceptors (Lipinski definition) is 4. The SMILES string of the molecule is CC(=O)NC(C)C(=O)Nc1ccc(C(=O)O)nc1. The third-order valence-electron chi connectivity index (χ3n) is 2.06. The summed E-state index contributed by atoms with van der Waals surface area (Å²) >= 11 is 0. The molecule has 3 N–H and O–H groups in total. The molecule has 0 aliphatic rings. The van der Waals surface area contributed by atoms with Crippen molar-refractivity contribution in [1.29, 1.82) is 0 Å². The Morgan fingerprint density at radius 3 is 2.44 bits per heavy atom. The molecule has 0 saturated carbocycles. The summed E-state index contributed by atoms with van der Waals surface area (Å²) < 4.78 is 0. The number of hydrogen-bond donors (Lipinski definition) is 3. The zero-order chi connectivity index (χ0) is 13.7. The highest BCUT2D eigenvalue weighted by molar-refractivity contribution is 5.96. The fourth-order valence-corrected chi connectivity index (χ4v) is 1.22. The lowest BCUT2D eigenvalue weighted by Crippen LogP contribution is -2.40. The second-order valence-corrected chi connectivity index (χ2v) is 3.65. The fourth-order valence-electron chi connectivity index (χ4n) is 1.22. The molecule has 1 rings (SSSR count). The Bertz CT molecular complexity index is 470. The third kappa shape index (κ3) is 3.85. The summed E-state index contributed by atoms with van der Waals surface area (Å²) in [5.41, 5.74) is 0.255. The van der Waals surface area contributed by atoms with Gasteiger partial charge < -0.3 is 15.7 Å². The Hall–Kier alpha value is -2.44. The highest BCUT2D eigenvalue weighted by Crippen LogP contribution is 2.06. The molecule has 0 fully saturated rings. The van der Waals surface area contributed by atoms with Gasteiger partial charge in [-0.1, -0.05) is 0 Å². The molecule has 0 radical (unpaired) electrons. The summed E-state index contributed by atoms with van der Waals surface area (Å²) in [4.78, 5) is 36.6. The van der Waals surface area contributed by atoms with E-state index in [-0.39, 0.29) is 11.6 Å². The zero-order valence-corrected chi connectivity index (χ0v) is 9.93. The molecule has 1 aromatic rings. The lowest BCUT2D eigenvalue weighted by Gasteiger charge is -2.12. The van der Waals surface area contributed by atoms with E-state index in [1.165, 1.54) is 32.2 Å². The molecule has 0 aliphatic heterocycles. The minimum Gasteiger partial charge on any atom is -0.477 e. The minimum absolute atomic E-state index is 0.108. The maximum Gasteiger partial charge on any atom is 0.354 e. The van der Waals surface area contributed by atoms with E-state index in [9.17, 15) is 14.4 Å². The van der Waals surface area contributed by atoms with Crippen LogP contribution in [0.1, 0.15) is 24.3 Å². The Morgan fingerprint density at radius 1 is 1.33 bits per heavy atom. The number of carbonyl (C=O) groups is 3. The number of aromatic carboxylic acids is 1. The number of pyridine rings is 1. The number of rotatable bonds is 4. The number of carbonyl (C=O) groups excluding carboxylic acids is 2. The second kappa shape index (κ2) is 5.76. The van der Waals surface area contributed by atoms with Crippen molar-refractivity contribution in [3.63, 3.8) is 0 Å². The van der Waals surface area contributed by atoms with Gasteiger partial charge in [0.25, 0.3) is 0 Å². The predicted octanol–water partition coefficient (Wildman–Crippen LogP) is 0.243. The van der Waals surface area contributed by atoms with Gasteiger partial charge in [0, 0.05) is 6.92 Å². The van der Waals surface area contributed by atoms with Crippen molar-refractivity contribution in [1.82, 2.24) is 10.3 Å². The molecule has 18 heavy (non-hydrogen) atoms. The molecule has 0 aliphatic carbocycles. The smallest absolute Gasteiger partial charge is 0.354 e. The Balaban J connectivity index is 2.64. The van der Waals surface area contributed by atoms with Crippen molar-refractivity contribution in [2.45, 2.75) is 19.9 Å². The van der Waals surface area contributed by atoms with Gasteiger partial charge in [-0.15, -0.1) is 0 Å². The molecule has 0 spiro atoms. The summed E-state index contributed by atoms with van der Waals surface area (Å²) in [6.45, 7) is 2.85. The van der Waals surface area contributed by atoms with E-state index >= 15 is 0 Å². The Morgan fingerprint density at radius 2 is 2.00 bits per heavy atom. The first-order chi connectivity index (χ1) is 8.40. The molecule has 7 nitrogen and oxygen atoms in total. The van der Waals surface area contributed by atoms with E-state index < -0.39 is 17.9 Å². The highest BCUT2D eigenvalue weighted by atomic mass is 16.4. The van der Waals surface area contributed by atoms with Gasteiger partial charge in [0.1, 0.15) is 11.7 Å². The number of nitrogens with one attached hydrogen (secondary N) is 2. The van der Waals surface area contributed by atoms with Crippen LogP contribution in [0.4, 0.5) is 5.69 Å². The lowest BCUT2D eigenvalue weighted by molar-refractivity contribution is -0.124. The molecular weight excluding hydrogens is 238 g/mol. The van der Waals surface area contributed by atoms with Crippen LogP contribution in [0, 0.1) is 0 Å². The van der Waals surface area contributed by atoms with Crippen LogP contribution in [0.15, 0.2) is 18.3 Å². The van der Waals surface area contributed by atoms with Crippen molar-refractivity contribution >= 4 is 23.5 Å². The average Bonchev–Trinajstić information content (AvgIpc) is 2.28. The first-order valence-electron chi connectivity index (χ1n) is 5.17. The van der Waals surface area contributed by atoms with Gasteiger partial charge in [0.05, 0.1) is 11.9 Å². The summed E-state index contributed by atoms with van der Waals surface area (Å²) in [7, 11) is 0. The molecule has 0 bridgehead atoms. The van der Waals surface area contributed by atoms with Gasteiger partial charge in [-0.25, -0.2) is 9.78 Å². The van der Waals surface area contributed by atoms with Gasteiger partial charge >= 0.3 is 5.97 Å². The normalized spacial score (nSPS) is 11.4. The van der Waals surface area contributed by atoms with Crippen LogP contribution in [0.25, 0.3) is 0 Å². The van der Waals surface area contributed by atoms with Crippen molar-refractivity contribution in [3.8, 4) is 0 Å². The van der Waals surface area contributed by atoms with Crippen LogP contribution in [-0.2, 0) is 9.59 Å². The maximum absolute atomic E-state index is 11.6. The van der Waals surface area contributed by atoms with Crippen molar-refractivity contribution in [2.75, 3.05) is 5.32 Å². The van der Waals surface area contributed by atoms with Gasteiger partial charge in [-0.2, -0.15) is 0 Å². The number of amides is 2. The molecule has 1 aromatic heterocycles. The molecule has 0 aromatic carbocycles. The number of carboxylic acid groups (broad SMARTS) is 1. The van der Waals surface area contributed by atoms with E-state index in [1.54, 1.807) is 0 Å². The van der Waals surface area contributed by atoms with Crippen LogP contribution in [0.5, 0.6) is 0 Å². The minimum atomic E-state index is -1.14. The predicted molar refractivity (Wildman–Crippen MR) is 63.1 cm³/mol. The molecule has 2 amide bonds. The first kappa shape index (κ1) is 13.6. The third-order valence-corrected chi connectivity index (χ3v) is 2.06. The number of anilines is 1. The highest BCUT2D eigenvalue weighted by Gasteiger charge is 2.14. The zero-order valence-electron chi connectivity index (χ0n) is 9.93. The monoisotopic (exact) mass is 251 g/mol. The molecule has 1 heterocycles. The van der Waals surface area contributed by atoms with Crippen LogP contribution in [-0.4, -0.2) is 33.9 Å². The van der Waals surface area contributed by atoms with Gasteiger partial charge in [0.15, 0.2) is 0 Å². The molecular formula is C11H13N3O4. The van der Waals surface area contributed by atoms with E-state index in [0.29, 0.717) is 5.69 Å². The topological polar surface area (TPSA) is 108 Å². The number of nitrogens with zero attached hydrogens (tertiary/aromatic N) is 1. The van der Waals surface area contributed by atoms with Crippen LogP contribution >= 0.6 is 0 Å². The van der Waals surface area contributed by atoms with E-state index in [1.807, 2.05) is 0 Å². The van der Waals surface area contributed by atoms with E-state index in [0.717, 1.165) is 0 Å². The van der Waals surface area contributed by atoms with E-state index in [2.05, 4.69) is 15.6 Å². The Labute approximate surface area is 103 Å². The largest absolute Gasteiger partial charge is 0.477 e. The lowest BCUT2D eigenvalue weighted by atomic mass is 10.3. The fraction of sp³-hybridized carbons (Fsp3) is 0.273. The van der Waals surface area contributed by atoms with Crippen molar-refractivity contribution in [3.05, 3.63) is 24.0 Å². The Kier molecular flexibility index (Phi) is 4.36. The molecule has 7 heteroatoms. The van der Waals surface area contributed by atoms with Gasteiger partial charge in [0.2, 0.25) is 11.8 Å².